The lowest BCUT2D eigenvalue weighted by molar-refractivity contribution is 0.0532. The summed E-state index contributed by atoms with van der Waals surface area (Å²) in [5.74, 6) is -0.189. The minimum atomic E-state index is -0.189. The number of likely N-dealkylation sites (N-methyl/N-ethyl adjacent to an activating group) is 1. The lowest BCUT2D eigenvalue weighted by Gasteiger charge is -2.35. The van der Waals surface area contributed by atoms with Crippen LogP contribution in [0.5, 0.6) is 0 Å². The summed E-state index contributed by atoms with van der Waals surface area (Å²) in [4.78, 5) is 16.1. The largest absolute Gasteiger partial charge is 0.462 e. The molecule has 3 nitrogen and oxygen atoms in total. The molecule has 2 rings (SSSR count). The average molecular weight is 253 g/mol. The van der Waals surface area contributed by atoms with Crippen molar-refractivity contribution in [3.63, 3.8) is 0 Å². The smallest absolute Gasteiger partial charge is 0.348 e. The van der Waals surface area contributed by atoms with Gasteiger partial charge in [0.2, 0.25) is 0 Å². The number of fused-ring (bicyclic) bond motifs is 1. The van der Waals surface area contributed by atoms with E-state index in [2.05, 4.69) is 25.8 Å². The molecule has 0 unspecified atom stereocenters. The molecule has 0 aliphatic carbocycles. The fourth-order valence-corrected chi connectivity index (χ4v) is 3.67. The molecule has 0 N–H and O–H groups in total. The zero-order valence-electron chi connectivity index (χ0n) is 10.9. The van der Waals surface area contributed by atoms with Crippen molar-refractivity contribution in [2.45, 2.75) is 32.7 Å². The second-order valence-corrected chi connectivity index (χ2v) is 6.29. The number of rotatable bonds is 2. The van der Waals surface area contributed by atoms with Crippen molar-refractivity contribution in [1.82, 2.24) is 4.90 Å². The summed E-state index contributed by atoms with van der Waals surface area (Å²) < 4.78 is 5.06. The normalized spacial score (nSPS) is 18.8. The van der Waals surface area contributed by atoms with Crippen LogP contribution in [-0.2, 0) is 16.7 Å². The van der Waals surface area contributed by atoms with Gasteiger partial charge in [-0.3, -0.25) is 0 Å². The van der Waals surface area contributed by atoms with Gasteiger partial charge >= 0.3 is 5.97 Å². The predicted octanol–water partition coefficient (Wildman–Crippen LogP) is 2.65. The summed E-state index contributed by atoms with van der Waals surface area (Å²) >= 11 is 1.59. The second kappa shape index (κ2) is 4.42. The lowest BCUT2D eigenvalue weighted by Crippen LogP contribution is -2.38. The van der Waals surface area contributed by atoms with Crippen LogP contribution in [0.4, 0.5) is 0 Å². The maximum Gasteiger partial charge on any atom is 0.348 e. The van der Waals surface area contributed by atoms with Gasteiger partial charge in [0.15, 0.2) is 0 Å². The first-order chi connectivity index (χ1) is 7.94. The average Bonchev–Trinajstić information content (AvgIpc) is 2.61. The van der Waals surface area contributed by atoms with E-state index in [1.54, 1.807) is 11.3 Å². The van der Waals surface area contributed by atoms with E-state index < -0.39 is 0 Å². The van der Waals surface area contributed by atoms with Crippen molar-refractivity contribution < 1.29 is 9.53 Å². The van der Waals surface area contributed by atoms with Crippen molar-refractivity contribution >= 4 is 17.3 Å². The summed E-state index contributed by atoms with van der Waals surface area (Å²) in [6.45, 7) is 8.69. The Balaban J connectivity index is 2.35. The van der Waals surface area contributed by atoms with Gasteiger partial charge in [-0.25, -0.2) is 4.79 Å². The first-order valence-electron chi connectivity index (χ1n) is 5.93. The third kappa shape index (κ3) is 2.38. The van der Waals surface area contributed by atoms with Gasteiger partial charge in [0, 0.05) is 23.4 Å². The Bertz CT molecular complexity index is 437. The molecular weight excluding hydrogens is 234 g/mol. The first kappa shape index (κ1) is 12.6. The number of hydrogen-bond acceptors (Lipinski definition) is 4. The SMILES string of the molecule is CCOC(=O)c1cc2c(s1)C(C)(C)CN(C)C2. The minimum absolute atomic E-state index is 0.123. The van der Waals surface area contributed by atoms with Gasteiger partial charge in [0.05, 0.1) is 6.61 Å². The molecule has 0 saturated carbocycles. The molecule has 1 aromatic heterocycles. The van der Waals surface area contributed by atoms with Gasteiger partial charge in [0.25, 0.3) is 0 Å². The zero-order chi connectivity index (χ0) is 12.6. The van der Waals surface area contributed by atoms with E-state index in [0.717, 1.165) is 18.0 Å². The summed E-state index contributed by atoms with van der Waals surface area (Å²) in [7, 11) is 2.12. The Hall–Kier alpha value is -0.870. The zero-order valence-corrected chi connectivity index (χ0v) is 11.7. The maximum absolute atomic E-state index is 11.7. The molecule has 1 aliphatic rings. The molecule has 0 amide bonds. The van der Waals surface area contributed by atoms with Gasteiger partial charge in [0.1, 0.15) is 4.88 Å². The van der Waals surface area contributed by atoms with Crippen LogP contribution in [-0.4, -0.2) is 31.1 Å². The standard InChI is InChI=1S/C13H19NO2S/c1-5-16-12(15)10-6-9-7-14(4)8-13(2,3)11(9)17-10/h6H,5,7-8H2,1-4H3. The highest BCUT2D eigenvalue weighted by Crippen LogP contribution is 2.38. The molecule has 2 heterocycles. The number of carbonyl (C=O) groups excluding carboxylic acids is 1. The molecule has 0 aromatic carbocycles. The Labute approximate surface area is 106 Å². The molecule has 0 spiro atoms. The Morgan fingerprint density at radius 1 is 1.59 bits per heavy atom. The van der Waals surface area contributed by atoms with Crippen LogP contribution in [0.1, 0.15) is 40.9 Å². The topological polar surface area (TPSA) is 29.5 Å². The fourth-order valence-electron chi connectivity index (χ4n) is 2.52. The molecular formula is C13H19NO2S. The third-order valence-corrected chi connectivity index (χ3v) is 4.53. The molecule has 0 saturated heterocycles. The molecule has 1 aliphatic heterocycles. The number of esters is 1. The third-order valence-electron chi connectivity index (χ3n) is 3.01. The monoisotopic (exact) mass is 253 g/mol. The summed E-state index contributed by atoms with van der Waals surface area (Å²) in [5.41, 5.74) is 1.40. The maximum atomic E-state index is 11.7. The van der Waals surface area contributed by atoms with Gasteiger partial charge in [-0.1, -0.05) is 13.8 Å². The van der Waals surface area contributed by atoms with E-state index in [1.165, 1.54) is 10.4 Å². The van der Waals surface area contributed by atoms with Crippen LogP contribution in [0.2, 0.25) is 0 Å². The van der Waals surface area contributed by atoms with Crippen LogP contribution in [0, 0.1) is 0 Å². The van der Waals surface area contributed by atoms with Crippen LogP contribution in [0.3, 0.4) is 0 Å². The summed E-state index contributed by atoms with van der Waals surface area (Å²) in [6.07, 6.45) is 0. The predicted molar refractivity (Wildman–Crippen MR) is 69.6 cm³/mol. The van der Waals surface area contributed by atoms with E-state index in [1.807, 2.05) is 13.0 Å². The van der Waals surface area contributed by atoms with Gasteiger partial charge < -0.3 is 9.64 Å². The van der Waals surface area contributed by atoms with E-state index in [4.69, 9.17) is 4.74 Å². The number of nitrogens with zero attached hydrogens (tertiary/aromatic N) is 1. The molecule has 0 bridgehead atoms. The van der Waals surface area contributed by atoms with E-state index >= 15 is 0 Å². The van der Waals surface area contributed by atoms with Gasteiger partial charge in [-0.05, 0) is 25.6 Å². The Morgan fingerprint density at radius 2 is 2.29 bits per heavy atom. The first-order valence-corrected chi connectivity index (χ1v) is 6.74. The van der Waals surface area contributed by atoms with E-state index in [0.29, 0.717) is 6.61 Å². The van der Waals surface area contributed by atoms with Crippen molar-refractivity contribution in [3.05, 3.63) is 21.4 Å². The molecule has 4 heteroatoms. The Morgan fingerprint density at radius 3 is 2.94 bits per heavy atom. The number of ether oxygens (including phenoxy) is 1. The number of carbonyl (C=O) groups is 1. The van der Waals surface area contributed by atoms with Gasteiger partial charge in [-0.2, -0.15) is 0 Å². The molecule has 0 radical (unpaired) electrons. The van der Waals surface area contributed by atoms with Crippen molar-refractivity contribution in [2.24, 2.45) is 0 Å². The molecule has 0 atom stereocenters. The minimum Gasteiger partial charge on any atom is -0.462 e. The lowest BCUT2D eigenvalue weighted by atomic mass is 9.85. The van der Waals surface area contributed by atoms with Crippen molar-refractivity contribution in [2.75, 3.05) is 20.2 Å². The highest BCUT2D eigenvalue weighted by molar-refractivity contribution is 7.14. The quantitative estimate of drug-likeness (QED) is 0.759. The van der Waals surface area contributed by atoms with Crippen molar-refractivity contribution in [1.29, 1.82) is 0 Å². The summed E-state index contributed by atoms with van der Waals surface area (Å²) in [5, 5.41) is 0. The highest BCUT2D eigenvalue weighted by atomic mass is 32.1. The molecule has 17 heavy (non-hydrogen) atoms. The molecule has 0 fully saturated rings. The van der Waals surface area contributed by atoms with Crippen LogP contribution in [0.25, 0.3) is 0 Å². The van der Waals surface area contributed by atoms with Crippen molar-refractivity contribution in [3.8, 4) is 0 Å². The Kier molecular flexibility index (Phi) is 3.27. The number of hydrogen-bond donors (Lipinski definition) is 0. The highest BCUT2D eigenvalue weighted by Gasteiger charge is 2.33. The second-order valence-electron chi connectivity index (χ2n) is 5.24. The molecule has 94 valence electrons. The summed E-state index contributed by atoms with van der Waals surface area (Å²) in [6, 6.07) is 2.00. The molecule has 1 aromatic rings. The van der Waals surface area contributed by atoms with Crippen LogP contribution in [0.15, 0.2) is 6.07 Å². The van der Waals surface area contributed by atoms with Gasteiger partial charge in [-0.15, -0.1) is 11.3 Å². The van der Waals surface area contributed by atoms with E-state index in [-0.39, 0.29) is 11.4 Å². The number of thiophene rings is 1. The van der Waals surface area contributed by atoms with E-state index in [9.17, 15) is 4.79 Å². The fraction of sp³-hybridized carbons (Fsp3) is 0.615. The van der Waals surface area contributed by atoms with Crippen LogP contribution < -0.4 is 0 Å². The van der Waals surface area contributed by atoms with Crippen LogP contribution >= 0.6 is 11.3 Å².